The number of hydrogen-bond acceptors (Lipinski definition) is 12. The maximum absolute atomic E-state index is 12.3. The highest BCUT2D eigenvalue weighted by Gasteiger charge is 2.11. The maximum atomic E-state index is 12.3. The van der Waals surface area contributed by atoms with Gasteiger partial charge in [-0.3, -0.25) is 0 Å². The summed E-state index contributed by atoms with van der Waals surface area (Å²) in [6.45, 7) is 6.24. The molecule has 0 aliphatic heterocycles. The molecule has 0 spiro atoms. The molecule has 0 N–H and O–H groups in total. The monoisotopic (exact) mass is 803 g/mol. The molecule has 300 valence electrons. The highest BCUT2D eigenvalue weighted by molar-refractivity contribution is 5.92. The zero-order chi connectivity index (χ0) is 42.7. The van der Waals surface area contributed by atoms with Crippen molar-refractivity contribution in [1.29, 1.82) is 5.26 Å². The highest BCUT2D eigenvalue weighted by atomic mass is 16.7. The lowest BCUT2D eigenvalue weighted by molar-refractivity contribution is -0.145. The van der Waals surface area contributed by atoms with E-state index in [1.54, 1.807) is 104 Å². The van der Waals surface area contributed by atoms with Gasteiger partial charge in [-0.2, -0.15) is 5.26 Å². The van der Waals surface area contributed by atoms with E-state index >= 15 is 0 Å². The average Bonchev–Trinajstić information content (AvgIpc) is 3.30. The Balaban J connectivity index is 0.000000228. The van der Waals surface area contributed by atoms with E-state index < -0.39 is 23.9 Å². The molecule has 0 fully saturated rings. The summed E-state index contributed by atoms with van der Waals surface area (Å²) in [5.74, 6) is 0.605. The fraction of sp³-hybridized carbons (Fsp3) is 0.0625. The summed E-state index contributed by atoms with van der Waals surface area (Å²) in [6.07, 6.45) is 2.14. The van der Waals surface area contributed by atoms with E-state index in [1.165, 1.54) is 0 Å². The van der Waals surface area contributed by atoms with Gasteiger partial charge in [-0.25, -0.2) is 19.2 Å². The molecule has 0 amide bonds. The molecule has 0 radical (unpaired) electrons. The third-order valence-corrected chi connectivity index (χ3v) is 8.27. The van der Waals surface area contributed by atoms with Crippen LogP contribution in [0.15, 0.2) is 171 Å². The third kappa shape index (κ3) is 12.8. The van der Waals surface area contributed by atoms with Crippen LogP contribution in [0.2, 0.25) is 0 Å². The van der Waals surface area contributed by atoms with Gasteiger partial charge >= 0.3 is 23.9 Å². The minimum absolute atomic E-state index is 0.185. The summed E-state index contributed by atoms with van der Waals surface area (Å²) in [5, 5.41) is 8.81. The number of esters is 4. The Morgan fingerprint density at radius 3 is 1.13 bits per heavy atom. The Bertz CT molecular complexity index is 2440. The SMILES string of the molecule is C=CC(=O)OCOc1ccc(-c2ccc(C(=O)Oc3ccc(C#N)cc3)cc2)cc1.C=CC(=O)OCOc1ccc(-c2ccc(C(=O)Oc3ccc(OC)cc3)cc2)cc1. The Hall–Kier alpha value is -8.43. The van der Waals surface area contributed by atoms with Crippen LogP contribution >= 0.6 is 0 Å². The summed E-state index contributed by atoms with van der Waals surface area (Å²) in [7, 11) is 1.57. The average molecular weight is 804 g/mol. The van der Waals surface area contributed by atoms with Crippen molar-refractivity contribution < 1.29 is 52.3 Å². The minimum Gasteiger partial charge on any atom is -0.497 e. The van der Waals surface area contributed by atoms with Gasteiger partial charge in [0.1, 0.15) is 28.7 Å². The van der Waals surface area contributed by atoms with Crippen LogP contribution in [-0.2, 0) is 19.1 Å². The summed E-state index contributed by atoms with van der Waals surface area (Å²) in [6, 6.07) is 43.7. The zero-order valence-electron chi connectivity index (χ0n) is 32.3. The van der Waals surface area contributed by atoms with Crippen LogP contribution in [0.1, 0.15) is 26.3 Å². The molecule has 6 aromatic carbocycles. The standard InChI is InChI=1S/C24H17NO5.C24H20O6/c1-2-23(26)29-16-28-21-13-9-19(10-14-21)18-5-7-20(8-6-18)24(27)30-22-11-3-17(15-25)4-12-22;1-3-23(25)29-16-28-21-10-8-18(9-11-21)17-4-6-19(7-5-17)24(26)30-22-14-12-20(27-2)13-15-22/h2-14H,1,16H2;3-15H,1,16H2,2H3. The minimum atomic E-state index is -0.551. The second-order valence-electron chi connectivity index (χ2n) is 12.2. The predicted molar refractivity (Wildman–Crippen MR) is 221 cm³/mol. The van der Waals surface area contributed by atoms with E-state index in [-0.39, 0.29) is 13.6 Å². The number of carbonyl (C=O) groups excluding carboxylic acids is 4. The molecule has 0 aliphatic carbocycles. The van der Waals surface area contributed by atoms with Gasteiger partial charge in [0.15, 0.2) is 0 Å². The lowest BCUT2D eigenvalue weighted by Crippen LogP contribution is -2.08. The van der Waals surface area contributed by atoms with E-state index in [0.717, 1.165) is 34.4 Å². The number of hydrogen-bond donors (Lipinski definition) is 0. The molecule has 12 heteroatoms. The number of rotatable bonds is 15. The van der Waals surface area contributed by atoms with Gasteiger partial charge in [-0.05, 0) is 119 Å². The Morgan fingerprint density at radius 2 is 0.800 bits per heavy atom. The van der Waals surface area contributed by atoms with Gasteiger partial charge < -0.3 is 33.2 Å². The van der Waals surface area contributed by atoms with Gasteiger partial charge in [-0.1, -0.05) is 61.7 Å². The molecule has 0 aliphatic rings. The van der Waals surface area contributed by atoms with Crippen molar-refractivity contribution in [1.82, 2.24) is 0 Å². The Kier molecular flexibility index (Phi) is 15.5. The molecule has 0 heterocycles. The Morgan fingerprint density at radius 1 is 0.483 bits per heavy atom. The molecular formula is C48H37NO11. The van der Waals surface area contributed by atoms with Crippen molar-refractivity contribution in [3.05, 3.63) is 188 Å². The molecule has 0 aromatic heterocycles. The number of ether oxygens (including phenoxy) is 7. The summed E-state index contributed by atoms with van der Waals surface area (Å²) >= 11 is 0. The highest BCUT2D eigenvalue weighted by Crippen LogP contribution is 2.26. The molecule has 0 unspecified atom stereocenters. The van der Waals surface area contributed by atoms with Crippen molar-refractivity contribution in [3.8, 4) is 57.1 Å². The lowest BCUT2D eigenvalue weighted by Gasteiger charge is -2.08. The zero-order valence-corrected chi connectivity index (χ0v) is 32.3. The first-order valence-electron chi connectivity index (χ1n) is 18.0. The molecule has 6 rings (SSSR count). The van der Waals surface area contributed by atoms with Crippen LogP contribution in [-0.4, -0.2) is 44.6 Å². The third-order valence-electron chi connectivity index (χ3n) is 8.27. The van der Waals surface area contributed by atoms with E-state index in [9.17, 15) is 19.2 Å². The largest absolute Gasteiger partial charge is 0.497 e. The van der Waals surface area contributed by atoms with Crippen LogP contribution in [0.25, 0.3) is 22.3 Å². The summed E-state index contributed by atoms with van der Waals surface area (Å²) < 4.78 is 36.0. The first kappa shape index (κ1) is 42.7. The Labute approximate surface area is 346 Å². The van der Waals surface area contributed by atoms with Crippen LogP contribution in [0, 0.1) is 11.3 Å². The van der Waals surface area contributed by atoms with Crippen LogP contribution in [0.5, 0.6) is 28.7 Å². The summed E-state index contributed by atoms with van der Waals surface area (Å²) in [4.78, 5) is 46.6. The smallest absolute Gasteiger partial charge is 0.343 e. The van der Waals surface area contributed by atoms with Gasteiger partial charge in [-0.15, -0.1) is 0 Å². The molecular weight excluding hydrogens is 767 g/mol. The predicted octanol–water partition coefficient (Wildman–Crippen LogP) is 9.16. The van der Waals surface area contributed by atoms with Gasteiger partial charge in [0.25, 0.3) is 0 Å². The molecule has 0 saturated heterocycles. The van der Waals surface area contributed by atoms with Gasteiger partial charge in [0.2, 0.25) is 13.6 Å². The summed E-state index contributed by atoms with van der Waals surface area (Å²) in [5.41, 5.74) is 5.06. The van der Waals surface area contributed by atoms with Crippen molar-refractivity contribution in [3.63, 3.8) is 0 Å². The van der Waals surface area contributed by atoms with E-state index in [4.69, 9.17) is 38.4 Å². The first-order chi connectivity index (χ1) is 29.2. The van der Waals surface area contributed by atoms with Crippen molar-refractivity contribution in [2.45, 2.75) is 0 Å². The van der Waals surface area contributed by atoms with Crippen LogP contribution < -0.4 is 23.7 Å². The number of carbonyl (C=O) groups is 4. The van der Waals surface area contributed by atoms with Gasteiger partial charge in [0, 0.05) is 12.2 Å². The van der Waals surface area contributed by atoms with Crippen molar-refractivity contribution >= 4 is 23.9 Å². The van der Waals surface area contributed by atoms with Gasteiger partial charge in [0.05, 0.1) is 29.9 Å². The molecule has 0 bridgehead atoms. The first-order valence-corrected chi connectivity index (χ1v) is 18.0. The normalized spacial score (nSPS) is 9.93. The van der Waals surface area contributed by atoms with E-state index in [2.05, 4.69) is 13.2 Å². The fourth-order valence-corrected chi connectivity index (χ4v) is 5.09. The van der Waals surface area contributed by atoms with Crippen molar-refractivity contribution in [2.24, 2.45) is 0 Å². The van der Waals surface area contributed by atoms with E-state index in [0.29, 0.717) is 45.4 Å². The number of benzene rings is 6. The quantitative estimate of drug-likeness (QED) is 0.0420. The second-order valence-corrected chi connectivity index (χ2v) is 12.2. The molecule has 12 nitrogen and oxygen atoms in total. The molecule has 0 atom stereocenters. The lowest BCUT2D eigenvalue weighted by atomic mass is 10.0. The molecule has 60 heavy (non-hydrogen) atoms. The maximum Gasteiger partial charge on any atom is 0.343 e. The fourth-order valence-electron chi connectivity index (χ4n) is 5.09. The topological polar surface area (TPSA) is 157 Å². The number of nitriles is 1. The van der Waals surface area contributed by atoms with Crippen molar-refractivity contribution in [2.75, 3.05) is 20.7 Å². The van der Waals surface area contributed by atoms with Crippen LogP contribution in [0.3, 0.4) is 0 Å². The van der Waals surface area contributed by atoms with Crippen LogP contribution in [0.4, 0.5) is 0 Å². The molecule has 0 saturated carbocycles. The molecule has 6 aromatic rings. The number of nitrogens with zero attached hydrogens (tertiary/aromatic N) is 1. The van der Waals surface area contributed by atoms with E-state index in [1.807, 2.05) is 54.6 Å². The second kappa shape index (κ2) is 21.8. The number of methoxy groups -OCH3 is 1.